The van der Waals surface area contributed by atoms with E-state index in [-0.39, 0.29) is 0 Å². The Hall–Kier alpha value is -0.620. The van der Waals surface area contributed by atoms with E-state index in [0.29, 0.717) is 0 Å². The van der Waals surface area contributed by atoms with Crippen molar-refractivity contribution in [2.24, 2.45) is 0 Å². The summed E-state index contributed by atoms with van der Waals surface area (Å²) >= 11 is 0. The van der Waals surface area contributed by atoms with Crippen molar-refractivity contribution in [1.82, 2.24) is 0 Å². The van der Waals surface area contributed by atoms with Crippen LogP contribution in [0.3, 0.4) is 0 Å². The minimum atomic E-state index is -11.7. The van der Waals surface area contributed by atoms with Crippen molar-refractivity contribution in [3.05, 3.63) is 0 Å². The second kappa shape index (κ2) is 4.94. The quantitative estimate of drug-likeness (QED) is 0.376. The first-order chi connectivity index (χ1) is 9.18. The van der Waals surface area contributed by atoms with Gasteiger partial charge in [0.25, 0.3) is 0 Å². The zero-order valence-corrected chi connectivity index (χ0v) is 10.2. The molecule has 0 aromatic rings. The molecule has 0 radical (unpaired) electrons. The molecule has 0 saturated carbocycles. The molecule has 0 aliphatic heterocycles. The summed E-state index contributed by atoms with van der Waals surface area (Å²) in [5.74, 6) is -15.1. The maximum atomic E-state index is 12.7. The van der Waals surface area contributed by atoms with Gasteiger partial charge in [0.2, 0.25) is 0 Å². The van der Waals surface area contributed by atoms with E-state index in [4.69, 9.17) is 0 Å². The molecule has 0 spiro atoms. The topological polar surface area (TPSA) is 0 Å². The van der Waals surface area contributed by atoms with Crippen LogP contribution in [0.25, 0.3) is 0 Å². The van der Waals surface area contributed by atoms with Crippen LogP contribution in [0.5, 0.6) is 0 Å². The number of hydrogen-bond acceptors (Lipinski definition) is 0. The summed E-state index contributed by atoms with van der Waals surface area (Å²) in [6.07, 6.45) is -11.8. The summed E-state index contributed by atoms with van der Waals surface area (Å²) in [5.41, 5.74) is -16.7. The summed E-state index contributed by atoms with van der Waals surface area (Å²) in [6, 6.07) is 0. The fraction of sp³-hybridized carbons (Fsp3) is 1.00. The molecule has 0 fully saturated rings. The molecule has 16 heteroatoms. The van der Waals surface area contributed by atoms with Crippen LogP contribution >= 0.6 is 7.54 Å². The number of halogens is 15. The molecule has 0 aliphatic carbocycles. The molecule has 0 saturated heterocycles. The molecular weight excluding hydrogens is 388 g/mol. The van der Waals surface area contributed by atoms with Gasteiger partial charge in [0, 0.05) is 0 Å². The average Bonchev–Trinajstić information content (AvgIpc) is 2.26. The van der Waals surface area contributed by atoms with Crippen LogP contribution in [0.2, 0.25) is 0 Å². The maximum absolute atomic E-state index is 12.7. The van der Waals surface area contributed by atoms with E-state index in [0.717, 1.165) is 0 Å². The average molecular weight is 390 g/mol. The van der Waals surface area contributed by atoms with Crippen LogP contribution in [0.15, 0.2) is 0 Å². The summed E-state index contributed by atoms with van der Waals surface area (Å²) in [4.78, 5) is 0. The SMILES string of the molecule is FC(F)C(F)(F)C(F)(F)P(F)(F)(F)C(F)(F)C(F)(F)C(F)F. The third-order valence-corrected chi connectivity index (χ3v) is 4.70. The van der Waals surface area contributed by atoms with E-state index >= 15 is 0 Å². The third-order valence-electron chi connectivity index (χ3n) is 2.27. The Morgan fingerprint density at radius 2 is 0.682 bits per heavy atom. The van der Waals surface area contributed by atoms with Gasteiger partial charge < -0.3 is 0 Å². The second-order valence-corrected chi connectivity index (χ2v) is 6.48. The van der Waals surface area contributed by atoms with Crippen LogP contribution < -0.4 is 0 Å². The van der Waals surface area contributed by atoms with Gasteiger partial charge >= 0.3 is 109 Å². The normalized spacial score (nSPS) is 17.8. The minimum absolute atomic E-state index is 5.89. The van der Waals surface area contributed by atoms with E-state index in [1.54, 1.807) is 0 Å². The van der Waals surface area contributed by atoms with Crippen LogP contribution in [-0.4, -0.2) is 36.0 Å². The molecule has 0 atom stereocenters. The van der Waals surface area contributed by atoms with Crippen LogP contribution in [0.4, 0.5) is 65.3 Å². The zero-order valence-electron chi connectivity index (χ0n) is 9.27. The van der Waals surface area contributed by atoms with Gasteiger partial charge in [0.15, 0.2) is 0 Å². The van der Waals surface area contributed by atoms with Crippen molar-refractivity contribution < 1.29 is 65.3 Å². The third kappa shape index (κ3) is 2.30. The molecule has 22 heavy (non-hydrogen) atoms. The van der Waals surface area contributed by atoms with Gasteiger partial charge in [-0.3, -0.25) is 0 Å². The van der Waals surface area contributed by atoms with Crippen molar-refractivity contribution >= 4 is 7.54 Å². The Morgan fingerprint density at radius 1 is 0.500 bits per heavy atom. The summed E-state index contributed by atoms with van der Waals surface area (Å²) in [7, 11) is -11.7. The molecule has 0 aromatic carbocycles. The van der Waals surface area contributed by atoms with E-state index in [9.17, 15) is 65.3 Å². The Balaban J connectivity index is 6.49. The molecule has 0 N–H and O–H groups in total. The molecule has 136 valence electrons. The molecule has 0 aromatic heterocycles. The van der Waals surface area contributed by atoms with Gasteiger partial charge in [0.05, 0.1) is 0 Å². The van der Waals surface area contributed by atoms with Crippen molar-refractivity contribution in [2.45, 2.75) is 36.0 Å². The Morgan fingerprint density at radius 3 is 0.818 bits per heavy atom. The van der Waals surface area contributed by atoms with Gasteiger partial charge in [-0.1, -0.05) is 0 Å². The molecular formula is C6H2F15P. The summed E-state index contributed by atoms with van der Waals surface area (Å²) < 4.78 is 184. The van der Waals surface area contributed by atoms with Gasteiger partial charge in [-0.25, -0.2) is 0 Å². The first-order valence-electron chi connectivity index (χ1n) is 4.42. The van der Waals surface area contributed by atoms with E-state index < -0.39 is 43.6 Å². The van der Waals surface area contributed by atoms with Crippen molar-refractivity contribution in [2.75, 3.05) is 0 Å². The predicted octanol–water partition coefficient (Wildman–Crippen LogP) is 6.18. The Kier molecular flexibility index (Phi) is 4.80. The fourth-order valence-electron chi connectivity index (χ4n) is 0.926. The van der Waals surface area contributed by atoms with Gasteiger partial charge in [-0.15, -0.1) is 0 Å². The van der Waals surface area contributed by atoms with E-state index in [1.165, 1.54) is 0 Å². The first-order valence-corrected chi connectivity index (χ1v) is 6.32. The molecule has 0 aliphatic rings. The van der Waals surface area contributed by atoms with Crippen LogP contribution in [-0.2, 0) is 0 Å². The molecule has 0 heterocycles. The van der Waals surface area contributed by atoms with Crippen molar-refractivity contribution in [1.29, 1.82) is 0 Å². The Labute approximate surface area is 110 Å². The number of alkyl halides is 12. The molecule has 0 nitrogen and oxygen atoms in total. The predicted molar refractivity (Wildman–Crippen MR) is 42.0 cm³/mol. The van der Waals surface area contributed by atoms with Gasteiger partial charge in [-0.2, -0.15) is 0 Å². The molecule has 0 bridgehead atoms. The van der Waals surface area contributed by atoms with Gasteiger partial charge in [0.1, 0.15) is 0 Å². The Bertz CT molecular complexity index is 379. The number of rotatable bonds is 6. The standard InChI is InChI=1S/C6H2F15P/c7-1(8)3(11,12)5(15,16)22(19,20,21)6(17,18)4(13,14)2(9)10/h1-2H. The first kappa shape index (κ1) is 21.4. The fourth-order valence-corrected chi connectivity index (χ4v) is 2.45. The molecule has 0 amide bonds. The van der Waals surface area contributed by atoms with Crippen molar-refractivity contribution in [3.63, 3.8) is 0 Å². The second-order valence-electron chi connectivity index (χ2n) is 3.74. The van der Waals surface area contributed by atoms with E-state index in [2.05, 4.69) is 0 Å². The van der Waals surface area contributed by atoms with Crippen LogP contribution in [0.1, 0.15) is 0 Å². The van der Waals surface area contributed by atoms with Gasteiger partial charge in [-0.05, 0) is 0 Å². The zero-order chi connectivity index (χ0) is 18.6. The van der Waals surface area contributed by atoms with Crippen LogP contribution in [0, 0.1) is 0 Å². The van der Waals surface area contributed by atoms with Crippen molar-refractivity contribution in [3.8, 4) is 0 Å². The summed E-state index contributed by atoms with van der Waals surface area (Å²) in [5, 5.41) is 0. The molecule has 0 unspecified atom stereocenters. The van der Waals surface area contributed by atoms with E-state index in [1.807, 2.05) is 0 Å². The summed E-state index contributed by atoms with van der Waals surface area (Å²) in [6.45, 7) is 0. The number of hydrogen-bond donors (Lipinski definition) is 0. The monoisotopic (exact) mass is 390 g/mol. The molecule has 0 rings (SSSR count).